The normalized spacial score (nSPS) is 13.3. The number of aromatic nitrogens is 3. The van der Waals surface area contributed by atoms with Crippen molar-refractivity contribution in [1.29, 1.82) is 0 Å². The van der Waals surface area contributed by atoms with E-state index in [0.29, 0.717) is 12.2 Å². The van der Waals surface area contributed by atoms with E-state index < -0.39 is 16.1 Å². The van der Waals surface area contributed by atoms with Crippen molar-refractivity contribution in [3.63, 3.8) is 0 Å². The lowest BCUT2D eigenvalue weighted by molar-refractivity contribution is 0.539. The Morgan fingerprint density at radius 2 is 2.21 bits per heavy atom. The van der Waals surface area contributed by atoms with Crippen molar-refractivity contribution < 1.29 is 8.42 Å². The third-order valence-corrected chi connectivity index (χ3v) is 4.16. The Hall–Kier alpha value is -1.93. The summed E-state index contributed by atoms with van der Waals surface area (Å²) in [6.07, 6.45) is 5.22. The quantitative estimate of drug-likeness (QED) is 0.750. The molecule has 1 atom stereocenters. The Labute approximate surface area is 111 Å². The number of nitrogens with one attached hydrogen (secondary N) is 2. The second-order valence-corrected chi connectivity index (χ2v) is 5.63. The number of sulfonamides is 1. The topological polar surface area (TPSA) is 114 Å². The highest BCUT2D eigenvalue weighted by Gasteiger charge is 2.23. The molecule has 0 aliphatic heterocycles. The van der Waals surface area contributed by atoms with Crippen LogP contribution in [0.4, 0.5) is 5.82 Å². The average molecular weight is 281 g/mol. The van der Waals surface area contributed by atoms with Crippen LogP contribution >= 0.6 is 0 Å². The van der Waals surface area contributed by atoms with E-state index in [1.54, 1.807) is 12.4 Å². The number of imidazole rings is 1. The van der Waals surface area contributed by atoms with E-state index in [-0.39, 0.29) is 10.7 Å². The van der Waals surface area contributed by atoms with Crippen LogP contribution in [0.5, 0.6) is 0 Å². The van der Waals surface area contributed by atoms with E-state index in [1.807, 2.05) is 6.92 Å². The zero-order valence-electron chi connectivity index (χ0n) is 10.4. The van der Waals surface area contributed by atoms with Crippen LogP contribution in [0.1, 0.15) is 25.2 Å². The van der Waals surface area contributed by atoms with Crippen LogP contribution in [0, 0.1) is 0 Å². The van der Waals surface area contributed by atoms with Crippen LogP contribution in [0.15, 0.2) is 35.6 Å². The molecule has 7 nitrogen and oxygen atoms in total. The summed E-state index contributed by atoms with van der Waals surface area (Å²) in [6, 6.07) is 2.51. The van der Waals surface area contributed by atoms with E-state index >= 15 is 0 Å². The fourth-order valence-electron chi connectivity index (χ4n) is 1.68. The number of nitrogens with zero attached hydrogens (tertiary/aromatic N) is 2. The molecule has 0 amide bonds. The summed E-state index contributed by atoms with van der Waals surface area (Å²) in [5.41, 5.74) is 5.59. The summed E-state index contributed by atoms with van der Waals surface area (Å²) < 4.78 is 27.1. The minimum atomic E-state index is -3.73. The molecule has 0 radical (unpaired) electrons. The number of hydrogen-bond donors (Lipinski definition) is 3. The zero-order chi connectivity index (χ0) is 13.9. The first-order valence-corrected chi connectivity index (χ1v) is 7.25. The van der Waals surface area contributed by atoms with Crippen molar-refractivity contribution in [3.05, 3.63) is 36.5 Å². The van der Waals surface area contributed by atoms with Crippen molar-refractivity contribution in [3.8, 4) is 0 Å². The number of H-pyrrole nitrogens is 1. The number of pyridine rings is 1. The Morgan fingerprint density at radius 1 is 1.42 bits per heavy atom. The van der Waals surface area contributed by atoms with Gasteiger partial charge in [-0.2, -0.15) is 0 Å². The Balaban J connectivity index is 2.29. The van der Waals surface area contributed by atoms with Crippen LogP contribution in [0.3, 0.4) is 0 Å². The van der Waals surface area contributed by atoms with E-state index in [2.05, 4.69) is 19.7 Å². The summed E-state index contributed by atoms with van der Waals surface area (Å²) in [4.78, 5) is 10.7. The third-order valence-electron chi connectivity index (χ3n) is 2.64. The summed E-state index contributed by atoms with van der Waals surface area (Å²) in [6.45, 7) is 1.86. The van der Waals surface area contributed by atoms with E-state index in [4.69, 9.17) is 5.73 Å². The van der Waals surface area contributed by atoms with Crippen LogP contribution in [0.2, 0.25) is 0 Å². The molecule has 0 aliphatic carbocycles. The fraction of sp³-hybridized carbons (Fsp3) is 0.273. The maximum Gasteiger partial charge on any atom is 0.244 e. The van der Waals surface area contributed by atoms with Gasteiger partial charge >= 0.3 is 0 Å². The van der Waals surface area contributed by atoms with Crippen LogP contribution < -0.4 is 10.5 Å². The zero-order valence-corrected chi connectivity index (χ0v) is 11.2. The van der Waals surface area contributed by atoms with E-state index in [0.717, 1.165) is 0 Å². The first-order chi connectivity index (χ1) is 9.04. The summed E-state index contributed by atoms with van der Waals surface area (Å²) >= 11 is 0. The number of nitrogens with two attached hydrogens (primary N) is 1. The highest BCUT2D eigenvalue weighted by atomic mass is 32.2. The van der Waals surface area contributed by atoms with Gasteiger partial charge in [-0.05, 0) is 18.6 Å². The molecule has 0 bridgehead atoms. The molecule has 2 aromatic rings. The predicted molar refractivity (Wildman–Crippen MR) is 70.6 cm³/mol. The summed E-state index contributed by atoms with van der Waals surface area (Å²) in [5, 5.41) is 0. The molecule has 1 unspecified atom stereocenters. The second kappa shape index (κ2) is 5.37. The van der Waals surface area contributed by atoms with Gasteiger partial charge in [-0.25, -0.2) is 23.1 Å². The molecule has 0 fully saturated rings. The van der Waals surface area contributed by atoms with Gasteiger partial charge in [0, 0.05) is 18.6 Å². The van der Waals surface area contributed by atoms with E-state index in [1.165, 1.54) is 18.3 Å². The molecule has 0 saturated carbocycles. The fourth-order valence-corrected chi connectivity index (χ4v) is 3.05. The smallest absolute Gasteiger partial charge is 0.244 e. The largest absolute Gasteiger partial charge is 0.383 e. The number of nitrogen functional groups attached to an aromatic ring is 1. The van der Waals surface area contributed by atoms with Crippen molar-refractivity contribution in [2.45, 2.75) is 24.3 Å². The average Bonchev–Trinajstić information content (AvgIpc) is 2.90. The first kappa shape index (κ1) is 13.5. The van der Waals surface area contributed by atoms with Crippen molar-refractivity contribution in [2.24, 2.45) is 0 Å². The summed E-state index contributed by atoms with van der Waals surface area (Å²) in [7, 11) is -3.73. The van der Waals surface area contributed by atoms with Crippen molar-refractivity contribution >= 4 is 15.8 Å². The molecule has 19 heavy (non-hydrogen) atoms. The standard InChI is InChI=1S/C11H15N5O2S/c1-2-8(11-14-6-7-15-11)16-19(17,18)9-4-3-5-13-10(9)12/h3-8,16H,2H2,1H3,(H2,12,13)(H,14,15). The molecular weight excluding hydrogens is 266 g/mol. The Kier molecular flexibility index (Phi) is 3.82. The van der Waals surface area contributed by atoms with Crippen LogP contribution in [0.25, 0.3) is 0 Å². The number of rotatable bonds is 5. The summed E-state index contributed by atoms with van der Waals surface area (Å²) in [5.74, 6) is 0.540. The van der Waals surface area contributed by atoms with Gasteiger partial charge in [0.2, 0.25) is 10.0 Å². The highest BCUT2D eigenvalue weighted by molar-refractivity contribution is 7.89. The minimum Gasteiger partial charge on any atom is -0.383 e. The number of anilines is 1. The lowest BCUT2D eigenvalue weighted by atomic mass is 10.2. The molecule has 0 aliphatic rings. The van der Waals surface area contributed by atoms with Gasteiger partial charge in [0.05, 0.1) is 6.04 Å². The van der Waals surface area contributed by atoms with Gasteiger partial charge in [0.25, 0.3) is 0 Å². The van der Waals surface area contributed by atoms with Gasteiger partial charge in [-0.1, -0.05) is 6.92 Å². The number of hydrogen-bond acceptors (Lipinski definition) is 5. The maximum absolute atomic E-state index is 12.2. The molecule has 0 saturated heterocycles. The van der Waals surface area contributed by atoms with Crippen molar-refractivity contribution in [2.75, 3.05) is 5.73 Å². The highest BCUT2D eigenvalue weighted by Crippen LogP contribution is 2.19. The van der Waals surface area contributed by atoms with E-state index in [9.17, 15) is 8.42 Å². The van der Waals surface area contributed by atoms with Gasteiger partial charge in [-0.3, -0.25) is 0 Å². The molecular formula is C11H15N5O2S. The van der Waals surface area contributed by atoms with Gasteiger partial charge < -0.3 is 10.7 Å². The molecule has 2 rings (SSSR count). The maximum atomic E-state index is 12.2. The molecule has 0 spiro atoms. The van der Waals surface area contributed by atoms with Gasteiger partial charge in [0.1, 0.15) is 16.5 Å². The Bertz CT molecular complexity index is 639. The molecule has 8 heteroatoms. The first-order valence-electron chi connectivity index (χ1n) is 5.76. The SMILES string of the molecule is CCC(NS(=O)(=O)c1cccnc1N)c1ncc[nH]1. The lowest BCUT2D eigenvalue weighted by Gasteiger charge is -2.15. The van der Waals surface area contributed by atoms with Crippen molar-refractivity contribution in [1.82, 2.24) is 19.7 Å². The van der Waals surface area contributed by atoms with Gasteiger partial charge in [0.15, 0.2) is 0 Å². The molecule has 102 valence electrons. The monoisotopic (exact) mass is 281 g/mol. The Morgan fingerprint density at radius 3 is 2.79 bits per heavy atom. The molecule has 2 heterocycles. The lowest BCUT2D eigenvalue weighted by Crippen LogP contribution is -2.29. The van der Waals surface area contributed by atoms with Crippen LogP contribution in [-0.2, 0) is 10.0 Å². The molecule has 2 aromatic heterocycles. The number of aromatic amines is 1. The van der Waals surface area contributed by atoms with Crippen LogP contribution in [-0.4, -0.2) is 23.4 Å². The minimum absolute atomic E-state index is 0.0238. The molecule has 4 N–H and O–H groups in total. The third kappa shape index (κ3) is 2.91. The van der Waals surface area contributed by atoms with Gasteiger partial charge in [-0.15, -0.1) is 0 Å². The predicted octanol–water partition coefficient (Wildman–Crippen LogP) is 0.817. The second-order valence-electron chi connectivity index (χ2n) is 3.94. The molecule has 0 aromatic carbocycles.